The Bertz CT molecular complexity index is 1330. The summed E-state index contributed by atoms with van der Waals surface area (Å²) in [6.45, 7) is 6.31. The third-order valence-corrected chi connectivity index (χ3v) is 5.61. The Hall–Kier alpha value is -4.33. The smallest absolute Gasteiger partial charge is 0.263 e. The summed E-state index contributed by atoms with van der Waals surface area (Å²) in [6.07, 6.45) is 1.67. The van der Waals surface area contributed by atoms with Gasteiger partial charge in [0, 0.05) is 17.8 Å². The van der Waals surface area contributed by atoms with Gasteiger partial charge in [0.1, 0.15) is 11.6 Å². The van der Waals surface area contributed by atoms with Crippen molar-refractivity contribution in [3.05, 3.63) is 78.5 Å². The van der Waals surface area contributed by atoms with Crippen LogP contribution in [0.4, 0.5) is 5.82 Å². The van der Waals surface area contributed by atoms with Crippen LogP contribution < -0.4 is 19.5 Å². The largest absolute Gasteiger partial charge is 0.493 e. The van der Waals surface area contributed by atoms with Crippen LogP contribution in [0.5, 0.6) is 17.2 Å². The summed E-state index contributed by atoms with van der Waals surface area (Å²) in [5.74, 6) is 2.55. The van der Waals surface area contributed by atoms with Gasteiger partial charge in [-0.2, -0.15) is 9.78 Å². The number of nitrogens with one attached hydrogen (secondary N) is 1. The van der Waals surface area contributed by atoms with Crippen molar-refractivity contribution >= 4 is 11.7 Å². The number of anilines is 1. The molecule has 4 rings (SSSR count). The fraction of sp³-hybridized carbons (Fsp3) is 0.250. The van der Waals surface area contributed by atoms with E-state index in [4.69, 9.17) is 14.2 Å². The van der Waals surface area contributed by atoms with Crippen LogP contribution in [0.3, 0.4) is 0 Å². The molecule has 2 heterocycles. The van der Waals surface area contributed by atoms with Crippen molar-refractivity contribution in [2.45, 2.75) is 26.2 Å². The molecule has 0 atom stereocenters. The van der Waals surface area contributed by atoms with Crippen molar-refractivity contribution in [3.63, 3.8) is 0 Å². The molecule has 0 saturated carbocycles. The van der Waals surface area contributed by atoms with Crippen molar-refractivity contribution in [3.8, 4) is 34.3 Å². The Morgan fingerprint density at radius 1 is 0.944 bits per heavy atom. The van der Waals surface area contributed by atoms with Gasteiger partial charge < -0.3 is 19.5 Å². The Kier molecular flexibility index (Phi) is 7.24. The van der Waals surface area contributed by atoms with E-state index >= 15 is 0 Å². The van der Waals surface area contributed by atoms with E-state index < -0.39 is 0 Å². The van der Waals surface area contributed by atoms with Gasteiger partial charge in [-0.1, -0.05) is 39.0 Å². The Morgan fingerprint density at radius 3 is 2.33 bits per heavy atom. The molecule has 0 spiro atoms. The van der Waals surface area contributed by atoms with Crippen LogP contribution in [0.25, 0.3) is 17.1 Å². The molecule has 0 aliphatic rings. The van der Waals surface area contributed by atoms with Gasteiger partial charge in [-0.05, 0) is 53.4 Å². The molecule has 0 radical (unpaired) electrons. The van der Waals surface area contributed by atoms with Crippen LogP contribution in [0.2, 0.25) is 0 Å². The molecule has 8 heteroatoms. The van der Waals surface area contributed by atoms with Crippen LogP contribution in [0, 0.1) is 0 Å². The van der Waals surface area contributed by atoms with Crippen LogP contribution in [0.15, 0.2) is 72.9 Å². The van der Waals surface area contributed by atoms with Crippen LogP contribution in [0.1, 0.15) is 26.3 Å². The lowest BCUT2D eigenvalue weighted by Gasteiger charge is -2.19. The summed E-state index contributed by atoms with van der Waals surface area (Å²) in [5, 5.41) is 7.58. The zero-order chi connectivity index (χ0) is 25.7. The van der Waals surface area contributed by atoms with Crippen molar-refractivity contribution in [1.29, 1.82) is 0 Å². The number of hydrogen-bond acceptors (Lipinski definition) is 6. The molecule has 8 nitrogen and oxygen atoms in total. The van der Waals surface area contributed by atoms with Gasteiger partial charge in [-0.15, -0.1) is 0 Å². The minimum atomic E-state index is -0.314. The molecule has 0 aliphatic carbocycles. The molecular weight excluding hydrogens is 456 g/mol. The minimum Gasteiger partial charge on any atom is -0.493 e. The molecule has 0 saturated heterocycles. The van der Waals surface area contributed by atoms with Gasteiger partial charge in [0.25, 0.3) is 5.91 Å². The molecule has 0 unspecified atom stereocenters. The lowest BCUT2D eigenvalue weighted by Crippen LogP contribution is -2.22. The number of amides is 1. The van der Waals surface area contributed by atoms with E-state index in [9.17, 15) is 4.79 Å². The SMILES string of the molecule is COc1ccc(-c2cc(NC(=O)COc3ccc(C(C)(C)C)cc3)n(-c3ccccn3)n2)cc1OC. The average molecular weight is 487 g/mol. The molecule has 2 aromatic heterocycles. The van der Waals surface area contributed by atoms with Crippen LogP contribution >= 0.6 is 0 Å². The number of pyridine rings is 1. The second kappa shape index (κ2) is 10.5. The first-order valence-corrected chi connectivity index (χ1v) is 11.6. The van der Waals surface area contributed by atoms with Gasteiger partial charge in [0.2, 0.25) is 0 Å². The standard InChI is InChI=1S/C28H30N4O4/c1-28(2,3)20-10-12-21(13-11-20)36-18-27(33)30-26-17-22(31-32(26)25-8-6-7-15-29-25)19-9-14-23(34-4)24(16-19)35-5/h6-17H,18H2,1-5H3,(H,30,33). The maximum absolute atomic E-state index is 12.8. The van der Waals surface area contributed by atoms with Gasteiger partial charge in [0.15, 0.2) is 23.9 Å². The van der Waals surface area contributed by atoms with Crippen LogP contribution in [-0.2, 0) is 10.2 Å². The number of aromatic nitrogens is 3. The van der Waals surface area contributed by atoms with Gasteiger partial charge in [-0.25, -0.2) is 4.98 Å². The Labute approximate surface area is 210 Å². The normalized spacial score (nSPS) is 11.1. The van der Waals surface area contributed by atoms with E-state index in [1.54, 1.807) is 31.2 Å². The molecule has 1 N–H and O–H groups in total. The highest BCUT2D eigenvalue weighted by molar-refractivity contribution is 5.92. The Balaban J connectivity index is 1.55. The zero-order valence-corrected chi connectivity index (χ0v) is 21.1. The van der Waals surface area contributed by atoms with E-state index in [2.05, 4.69) is 36.2 Å². The molecule has 0 aliphatic heterocycles. The molecular formula is C28H30N4O4. The number of carbonyl (C=O) groups is 1. The summed E-state index contributed by atoms with van der Waals surface area (Å²) >= 11 is 0. The molecule has 2 aromatic carbocycles. The van der Waals surface area contributed by atoms with E-state index in [0.29, 0.717) is 34.6 Å². The van der Waals surface area contributed by atoms with Crippen molar-refractivity contribution in [2.24, 2.45) is 0 Å². The first-order valence-electron chi connectivity index (χ1n) is 11.6. The number of methoxy groups -OCH3 is 2. The number of ether oxygens (including phenoxy) is 3. The van der Waals surface area contributed by atoms with Crippen LogP contribution in [-0.4, -0.2) is 41.5 Å². The summed E-state index contributed by atoms with van der Waals surface area (Å²) in [5.41, 5.74) is 2.68. The van der Waals surface area contributed by atoms with E-state index in [1.807, 2.05) is 60.7 Å². The predicted molar refractivity (Wildman–Crippen MR) is 139 cm³/mol. The van der Waals surface area contributed by atoms with Crippen molar-refractivity contribution in [2.75, 3.05) is 26.1 Å². The highest BCUT2D eigenvalue weighted by Gasteiger charge is 2.17. The third kappa shape index (κ3) is 5.66. The van der Waals surface area contributed by atoms with E-state index in [-0.39, 0.29) is 17.9 Å². The number of benzene rings is 2. The second-order valence-electron chi connectivity index (χ2n) is 9.20. The van der Waals surface area contributed by atoms with Crippen molar-refractivity contribution < 1.29 is 19.0 Å². The summed E-state index contributed by atoms with van der Waals surface area (Å²) in [4.78, 5) is 17.2. The van der Waals surface area contributed by atoms with E-state index in [1.165, 1.54) is 5.56 Å². The Morgan fingerprint density at radius 2 is 1.69 bits per heavy atom. The zero-order valence-electron chi connectivity index (χ0n) is 21.1. The maximum Gasteiger partial charge on any atom is 0.263 e. The van der Waals surface area contributed by atoms with Gasteiger partial charge in [-0.3, -0.25) is 4.79 Å². The quantitative estimate of drug-likeness (QED) is 0.365. The lowest BCUT2D eigenvalue weighted by atomic mass is 9.87. The molecule has 1 amide bonds. The number of carbonyl (C=O) groups excluding carboxylic acids is 1. The first-order chi connectivity index (χ1) is 17.3. The van der Waals surface area contributed by atoms with E-state index in [0.717, 1.165) is 5.56 Å². The number of hydrogen-bond donors (Lipinski definition) is 1. The number of rotatable bonds is 8. The highest BCUT2D eigenvalue weighted by atomic mass is 16.5. The lowest BCUT2D eigenvalue weighted by molar-refractivity contribution is -0.118. The fourth-order valence-electron chi connectivity index (χ4n) is 3.64. The molecule has 0 fully saturated rings. The summed E-state index contributed by atoms with van der Waals surface area (Å²) in [7, 11) is 3.17. The molecule has 0 bridgehead atoms. The number of nitrogens with zero attached hydrogens (tertiary/aromatic N) is 3. The minimum absolute atomic E-state index is 0.0470. The third-order valence-electron chi connectivity index (χ3n) is 5.61. The molecule has 4 aromatic rings. The van der Waals surface area contributed by atoms with Crippen molar-refractivity contribution in [1.82, 2.24) is 14.8 Å². The second-order valence-corrected chi connectivity index (χ2v) is 9.20. The average Bonchev–Trinajstić information content (AvgIpc) is 3.31. The fourth-order valence-corrected chi connectivity index (χ4v) is 3.64. The summed E-state index contributed by atoms with van der Waals surface area (Å²) < 4.78 is 18.1. The monoisotopic (exact) mass is 486 g/mol. The summed E-state index contributed by atoms with van der Waals surface area (Å²) in [6, 6.07) is 20.6. The maximum atomic E-state index is 12.8. The topological polar surface area (TPSA) is 87.5 Å². The first kappa shape index (κ1) is 24.8. The molecule has 186 valence electrons. The molecule has 36 heavy (non-hydrogen) atoms. The van der Waals surface area contributed by atoms with Gasteiger partial charge in [0.05, 0.1) is 19.9 Å². The predicted octanol–water partition coefficient (Wildman–Crippen LogP) is 5.27. The highest BCUT2D eigenvalue weighted by Crippen LogP contribution is 2.33. The van der Waals surface area contributed by atoms with Gasteiger partial charge >= 0.3 is 0 Å².